The third-order valence-electron chi connectivity index (χ3n) is 7.60. The van der Waals surface area contributed by atoms with E-state index in [0.717, 1.165) is 75.3 Å². The fourth-order valence-corrected chi connectivity index (χ4v) is 5.21. The molecular weight excluding hydrogens is 530 g/mol. The van der Waals surface area contributed by atoms with Crippen LogP contribution in [0.15, 0.2) is 103 Å². The lowest BCUT2D eigenvalue weighted by molar-refractivity contribution is 0.368. The molecule has 222 valence electrons. The molecule has 3 aromatic heterocycles. The Morgan fingerprint density at radius 1 is 1.16 bits per heavy atom. The molecule has 4 heterocycles. The van der Waals surface area contributed by atoms with Gasteiger partial charge in [0.05, 0.1) is 16.7 Å². The lowest BCUT2D eigenvalue weighted by atomic mass is 9.93. The molecule has 0 spiro atoms. The third-order valence-corrected chi connectivity index (χ3v) is 7.60. The van der Waals surface area contributed by atoms with Crippen LogP contribution in [0.3, 0.4) is 0 Å². The average Bonchev–Trinajstić information content (AvgIpc) is 3.58. The first-order valence-electron chi connectivity index (χ1n) is 14.7. The summed E-state index contributed by atoms with van der Waals surface area (Å²) >= 11 is 0. The van der Waals surface area contributed by atoms with Gasteiger partial charge in [-0.25, -0.2) is 4.98 Å². The smallest absolute Gasteiger partial charge is 0.159 e. The number of hydrogen-bond acceptors (Lipinski definition) is 5. The van der Waals surface area contributed by atoms with Crippen molar-refractivity contribution in [3.63, 3.8) is 0 Å². The first-order valence-corrected chi connectivity index (χ1v) is 14.7. The summed E-state index contributed by atoms with van der Waals surface area (Å²) in [7, 11) is 0. The lowest BCUT2D eigenvalue weighted by Gasteiger charge is -2.24. The Labute approximate surface area is 255 Å². The Bertz CT molecular complexity index is 1690. The summed E-state index contributed by atoms with van der Waals surface area (Å²) in [5.74, 6) is 1.31. The standard InChI is InChI=1S/C36H43N7/c1-8-13-31(33-14-11-12-19-38-33)35-27(7)40-36(41-35)34-26(6)32(42-43-34)16-15-24(4)29(9-2)23-30(10-3)39-25(5)22-28-17-20-37-21-18-28/h8-16,19,23,28,37,39,42H,1,3,5-6,17-18,20-22H2,2,4,7H3,(H,40,41)/b24-15+,29-9+,30-23+,31-13-,32-16+. The maximum atomic E-state index is 4.88. The van der Waals surface area contributed by atoms with E-state index in [2.05, 4.69) is 82.3 Å². The van der Waals surface area contributed by atoms with Crippen LogP contribution in [0.1, 0.15) is 50.2 Å². The Morgan fingerprint density at radius 2 is 1.95 bits per heavy atom. The molecule has 0 atom stereocenters. The van der Waals surface area contributed by atoms with E-state index >= 15 is 0 Å². The highest BCUT2D eigenvalue weighted by atomic mass is 15.1. The van der Waals surface area contributed by atoms with E-state index < -0.39 is 0 Å². The highest BCUT2D eigenvalue weighted by molar-refractivity contribution is 5.79. The minimum Gasteiger partial charge on any atom is -0.359 e. The highest BCUT2D eigenvalue weighted by Gasteiger charge is 2.17. The molecule has 4 rings (SSSR count). The molecule has 0 aliphatic carbocycles. The molecule has 0 aromatic carbocycles. The van der Waals surface area contributed by atoms with Crippen molar-refractivity contribution in [3.05, 3.63) is 131 Å². The summed E-state index contributed by atoms with van der Waals surface area (Å²) in [6.07, 6.45) is 18.9. The number of hydrogen-bond donors (Lipinski definition) is 4. The van der Waals surface area contributed by atoms with Crippen LogP contribution in [0.5, 0.6) is 0 Å². The Morgan fingerprint density at radius 3 is 2.63 bits per heavy atom. The number of H-pyrrole nitrogens is 2. The number of aryl methyl sites for hydroxylation is 1. The predicted octanol–water partition coefficient (Wildman–Crippen LogP) is 5.77. The van der Waals surface area contributed by atoms with Crippen LogP contribution < -0.4 is 21.2 Å². The van der Waals surface area contributed by atoms with Gasteiger partial charge >= 0.3 is 0 Å². The van der Waals surface area contributed by atoms with E-state index in [0.29, 0.717) is 17.4 Å². The molecule has 4 N–H and O–H groups in total. The van der Waals surface area contributed by atoms with Crippen LogP contribution in [0.25, 0.3) is 29.7 Å². The molecule has 0 amide bonds. The molecule has 43 heavy (non-hydrogen) atoms. The van der Waals surface area contributed by atoms with Crippen molar-refractivity contribution in [1.82, 2.24) is 35.8 Å². The van der Waals surface area contributed by atoms with Crippen LogP contribution >= 0.6 is 0 Å². The number of pyridine rings is 1. The zero-order valence-corrected chi connectivity index (χ0v) is 25.6. The topological polar surface area (TPSA) is 94.3 Å². The van der Waals surface area contributed by atoms with Gasteiger partial charge in [0.2, 0.25) is 0 Å². The van der Waals surface area contributed by atoms with Gasteiger partial charge in [-0.1, -0.05) is 56.7 Å². The molecule has 0 radical (unpaired) electrons. The summed E-state index contributed by atoms with van der Waals surface area (Å²) in [5.41, 5.74) is 8.22. The van der Waals surface area contributed by atoms with Crippen LogP contribution in [-0.4, -0.2) is 38.2 Å². The highest BCUT2D eigenvalue weighted by Crippen LogP contribution is 2.25. The summed E-state index contributed by atoms with van der Waals surface area (Å²) in [6.45, 7) is 24.7. The van der Waals surface area contributed by atoms with E-state index in [1.54, 1.807) is 12.3 Å². The van der Waals surface area contributed by atoms with E-state index in [1.165, 1.54) is 12.8 Å². The molecule has 1 aliphatic rings. The normalized spacial score (nSPS) is 15.9. The Balaban J connectivity index is 1.54. The minimum atomic E-state index is 0.642. The first kappa shape index (κ1) is 31.2. The van der Waals surface area contributed by atoms with Crippen molar-refractivity contribution in [3.8, 4) is 11.5 Å². The van der Waals surface area contributed by atoms with Crippen LogP contribution in [-0.2, 0) is 0 Å². The maximum Gasteiger partial charge on any atom is 0.159 e. The Kier molecular flexibility index (Phi) is 10.8. The molecule has 1 aliphatic heterocycles. The molecule has 0 unspecified atom stereocenters. The summed E-state index contributed by atoms with van der Waals surface area (Å²) in [5, 5.41) is 16.1. The van der Waals surface area contributed by atoms with E-state index in [4.69, 9.17) is 4.98 Å². The second kappa shape index (κ2) is 14.9. The van der Waals surface area contributed by atoms with Crippen molar-refractivity contribution in [2.45, 2.75) is 40.0 Å². The van der Waals surface area contributed by atoms with E-state index in [9.17, 15) is 0 Å². The van der Waals surface area contributed by atoms with Crippen LogP contribution in [0.4, 0.5) is 0 Å². The van der Waals surface area contributed by atoms with Crippen molar-refractivity contribution >= 4 is 18.2 Å². The van der Waals surface area contributed by atoms with Gasteiger partial charge < -0.3 is 15.6 Å². The number of rotatable bonds is 12. The second-order valence-electron chi connectivity index (χ2n) is 10.7. The number of nitrogens with zero attached hydrogens (tertiary/aromatic N) is 3. The predicted molar refractivity (Wildman–Crippen MR) is 180 cm³/mol. The van der Waals surface area contributed by atoms with Gasteiger partial charge in [-0.2, -0.15) is 5.10 Å². The SMILES string of the molecule is C=C/C=C(/c1ccccn1)c1nc(-c2n[nH]/c(=C/C=C(C)/C(/C=C(\C=C)NC(=C)CC3CCNCC3)=C/C)c2=C)[nH]c1C. The number of allylic oxidation sites excluding steroid dienone is 9. The molecule has 0 bridgehead atoms. The van der Waals surface area contributed by atoms with Gasteiger partial charge in [0.15, 0.2) is 5.82 Å². The molecular formula is C36H43N7. The van der Waals surface area contributed by atoms with Crippen molar-refractivity contribution in [2.75, 3.05) is 13.1 Å². The second-order valence-corrected chi connectivity index (χ2v) is 10.7. The van der Waals surface area contributed by atoms with E-state index in [1.807, 2.05) is 50.3 Å². The summed E-state index contributed by atoms with van der Waals surface area (Å²) in [4.78, 5) is 12.8. The number of aromatic amines is 2. The van der Waals surface area contributed by atoms with Gasteiger partial charge in [0.1, 0.15) is 5.69 Å². The molecule has 0 saturated carbocycles. The average molecular weight is 574 g/mol. The monoisotopic (exact) mass is 573 g/mol. The van der Waals surface area contributed by atoms with Crippen LogP contribution in [0, 0.1) is 12.8 Å². The van der Waals surface area contributed by atoms with Crippen molar-refractivity contribution in [2.24, 2.45) is 5.92 Å². The number of aromatic nitrogens is 5. The van der Waals surface area contributed by atoms with E-state index in [-0.39, 0.29) is 0 Å². The van der Waals surface area contributed by atoms with Gasteiger partial charge in [-0.3, -0.25) is 10.1 Å². The quantitative estimate of drug-likeness (QED) is 0.207. The van der Waals surface area contributed by atoms with Crippen molar-refractivity contribution < 1.29 is 0 Å². The summed E-state index contributed by atoms with van der Waals surface area (Å²) in [6, 6.07) is 5.81. The number of imidazole rings is 1. The Hall–Kier alpha value is -4.75. The van der Waals surface area contributed by atoms with Crippen molar-refractivity contribution in [1.29, 1.82) is 0 Å². The lowest BCUT2D eigenvalue weighted by Crippen LogP contribution is -2.28. The molecule has 7 heteroatoms. The molecule has 1 fully saturated rings. The molecule has 1 saturated heterocycles. The molecule has 3 aromatic rings. The molecule has 7 nitrogen and oxygen atoms in total. The first-order chi connectivity index (χ1) is 20.8. The van der Waals surface area contributed by atoms with Crippen LogP contribution in [0.2, 0.25) is 0 Å². The summed E-state index contributed by atoms with van der Waals surface area (Å²) < 4.78 is 0. The fraction of sp³-hybridized carbons (Fsp3) is 0.250. The van der Waals surface area contributed by atoms with Gasteiger partial charge in [0, 0.05) is 34.1 Å². The minimum absolute atomic E-state index is 0.642. The fourth-order valence-electron chi connectivity index (χ4n) is 5.21. The van der Waals surface area contributed by atoms with Gasteiger partial charge in [-0.15, -0.1) is 0 Å². The van der Waals surface area contributed by atoms with Gasteiger partial charge in [-0.05, 0) is 101 Å². The number of nitrogens with one attached hydrogen (secondary N) is 4. The number of piperidine rings is 1. The maximum absolute atomic E-state index is 4.88. The van der Waals surface area contributed by atoms with Gasteiger partial charge in [0.25, 0.3) is 0 Å². The largest absolute Gasteiger partial charge is 0.359 e. The zero-order valence-electron chi connectivity index (χ0n) is 25.6. The third kappa shape index (κ3) is 7.96. The zero-order chi connectivity index (χ0) is 30.8.